The highest BCUT2D eigenvalue weighted by molar-refractivity contribution is 7.09. The molecule has 0 aromatic carbocycles. The van der Waals surface area contributed by atoms with Crippen LogP contribution in [0.5, 0.6) is 0 Å². The van der Waals surface area contributed by atoms with Crippen LogP contribution in [0.1, 0.15) is 12.7 Å². The summed E-state index contributed by atoms with van der Waals surface area (Å²) in [7, 11) is 0. The Morgan fingerprint density at radius 1 is 1.75 bits per heavy atom. The van der Waals surface area contributed by atoms with Crippen molar-refractivity contribution in [3.05, 3.63) is 5.82 Å². The van der Waals surface area contributed by atoms with Gasteiger partial charge in [0.25, 0.3) is 0 Å². The number of anilines is 1. The Kier molecular flexibility index (Phi) is 3.46. The summed E-state index contributed by atoms with van der Waals surface area (Å²) in [6, 6.07) is 0. The van der Waals surface area contributed by atoms with Gasteiger partial charge >= 0.3 is 0 Å². The van der Waals surface area contributed by atoms with E-state index in [1.165, 1.54) is 17.9 Å². The Balaban J connectivity index is 2.33. The van der Waals surface area contributed by atoms with Crippen molar-refractivity contribution in [2.45, 2.75) is 13.8 Å². The second kappa shape index (κ2) is 4.66. The number of hydrazone groups is 1. The van der Waals surface area contributed by atoms with Crippen molar-refractivity contribution < 1.29 is 4.74 Å². The van der Waals surface area contributed by atoms with Crippen molar-refractivity contribution in [1.82, 2.24) is 9.36 Å². The molecule has 5 nitrogen and oxygen atoms in total. The molecule has 0 unspecified atom stereocenters. The molecule has 0 bridgehead atoms. The highest BCUT2D eigenvalue weighted by Gasteiger charge is 1.95. The molecule has 0 saturated carbocycles. The Labute approximate surface area is 74.6 Å². The summed E-state index contributed by atoms with van der Waals surface area (Å²) in [6.07, 6.45) is 1.34. The lowest BCUT2D eigenvalue weighted by Gasteiger charge is -1.92. The van der Waals surface area contributed by atoms with Crippen LogP contribution in [0.4, 0.5) is 5.13 Å². The number of rotatable bonds is 4. The summed E-state index contributed by atoms with van der Waals surface area (Å²) >= 11 is 1.27. The standard InChI is InChI=1S/C6H10N4OS/c1-3-11-4-7-9-6-8-5(2)10-12-6/h4H,3H2,1-2H3,(H,8,9,10)/b7-4+. The van der Waals surface area contributed by atoms with Crippen molar-refractivity contribution in [3.63, 3.8) is 0 Å². The molecule has 1 rings (SSSR count). The van der Waals surface area contributed by atoms with Gasteiger partial charge in [0, 0.05) is 11.5 Å². The molecule has 0 aliphatic heterocycles. The van der Waals surface area contributed by atoms with E-state index in [4.69, 9.17) is 4.74 Å². The molecule has 0 amide bonds. The van der Waals surface area contributed by atoms with Crippen molar-refractivity contribution in [1.29, 1.82) is 0 Å². The summed E-state index contributed by atoms with van der Waals surface area (Å²) in [4.78, 5) is 4.04. The number of nitrogens with zero attached hydrogens (tertiary/aromatic N) is 3. The molecule has 0 atom stereocenters. The molecule has 12 heavy (non-hydrogen) atoms. The first-order chi connectivity index (χ1) is 5.83. The number of aryl methyl sites for hydroxylation is 1. The van der Waals surface area contributed by atoms with Crippen LogP contribution in [-0.4, -0.2) is 22.4 Å². The summed E-state index contributed by atoms with van der Waals surface area (Å²) in [5, 5.41) is 4.43. The normalized spacial score (nSPS) is 10.5. The van der Waals surface area contributed by atoms with Crippen molar-refractivity contribution in [2.75, 3.05) is 12.0 Å². The lowest BCUT2D eigenvalue weighted by atomic mass is 10.8. The summed E-state index contributed by atoms with van der Waals surface area (Å²) < 4.78 is 8.83. The van der Waals surface area contributed by atoms with Crippen LogP contribution in [0.15, 0.2) is 5.10 Å². The minimum absolute atomic E-state index is 0.611. The van der Waals surface area contributed by atoms with Crippen LogP contribution < -0.4 is 5.43 Å². The minimum Gasteiger partial charge on any atom is -0.482 e. The molecule has 0 fully saturated rings. The van der Waals surface area contributed by atoms with Gasteiger partial charge < -0.3 is 4.74 Å². The zero-order valence-electron chi connectivity index (χ0n) is 6.94. The van der Waals surface area contributed by atoms with Gasteiger partial charge in [-0.15, -0.1) is 5.10 Å². The van der Waals surface area contributed by atoms with Gasteiger partial charge in [-0.1, -0.05) is 0 Å². The van der Waals surface area contributed by atoms with Crippen molar-refractivity contribution in [2.24, 2.45) is 5.10 Å². The van der Waals surface area contributed by atoms with Gasteiger partial charge in [-0.2, -0.15) is 4.37 Å². The zero-order chi connectivity index (χ0) is 8.81. The Hall–Kier alpha value is -1.17. The van der Waals surface area contributed by atoms with Crippen LogP contribution in [0.2, 0.25) is 0 Å². The average molecular weight is 186 g/mol. The van der Waals surface area contributed by atoms with Gasteiger partial charge in [0.05, 0.1) is 6.61 Å². The zero-order valence-corrected chi connectivity index (χ0v) is 7.76. The molecule has 66 valence electrons. The van der Waals surface area contributed by atoms with Gasteiger partial charge in [-0.25, -0.2) is 10.4 Å². The maximum absolute atomic E-state index is 4.86. The van der Waals surface area contributed by atoms with Gasteiger partial charge in [0.15, 0.2) is 6.40 Å². The van der Waals surface area contributed by atoms with Gasteiger partial charge in [0.1, 0.15) is 5.82 Å². The first-order valence-corrected chi connectivity index (χ1v) is 4.29. The predicted molar refractivity (Wildman–Crippen MR) is 48.4 cm³/mol. The van der Waals surface area contributed by atoms with Crippen LogP contribution in [-0.2, 0) is 4.74 Å². The van der Waals surface area contributed by atoms with E-state index >= 15 is 0 Å². The Bertz CT molecular complexity index is 260. The second-order valence-electron chi connectivity index (χ2n) is 1.95. The van der Waals surface area contributed by atoms with E-state index < -0.39 is 0 Å². The Morgan fingerprint density at radius 3 is 3.17 bits per heavy atom. The molecule has 0 saturated heterocycles. The second-order valence-corrected chi connectivity index (χ2v) is 2.70. The average Bonchev–Trinajstić information content (AvgIpc) is 2.45. The molecule has 1 aromatic heterocycles. The molecule has 6 heteroatoms. The van der Waals surface area contributed by atoms with E-state index in [9.17, 15) is 0 Å². The number of ether oxygens (including phenoxy) is 1. The maximum atomic E-state index is 4.86. The van der Waals surface area contributed by atoms with Crippen LogP contribution in [0.3, 0.4) is 0 Å². The fourth-order valence-corrected chi connectivity index (χ4v) is 1.06. The van der Waals surface area contributed by atoms with Crippen LogP contribution in [0.25, 0.3) is 0 Å². The quantitative estimate of drug-likeness (QED) is 0.436. The summed E-state index contributed by atoms with van der Waals surface area (Å²) in [5.41, 5.74) is 2.69. The fraction of sp³-hybridized carbons (Fsp3) is 0.500. The molecular formula is C6H10N4OS. The van der Waals surface area contributed by atoms with Crippen LogP contribution in [0, 0.1) is 6.92 Å². The highest BCUT2D eigenvalue weighted by Crippen LogP contribution is 2.08. The van der Waals surface area contributed by atoms with E-state index in [0.717, 1.165) is 5.82 Å². The van der Waals surface area contributed by atoms with Crippen molar-refractivity contribution >= 4 is 23.1 Å². The first kappa shape index (κ1) is 8.92. The maximum Gasteiger partial charge on any atom is 0.223 e. The largest absolute Gasteiger partial charge is 0.482 e. The van der Waals surface area contributed by atoms with E-state index in [2.05, 4.69) is 19.9 Å². The molecule has 1 heterocycles. The monoisotopic (exact) mass is 186 g/mol. The molecular weight excluding hydrogens is 176 g/mol. The highest BCUT2D eigenvalue weighted by atomic mass is 32.1. The molecule has 1 aromatic rings. The third kappa shape index (κ3) is 2.83. The SMILES string of the molecule is CCO/C=N/Nc1nc(C)ns1. The lowest BCUT2D eigenvalue weighted by molar-refractivity contribution is 0.343. The topological polar surface area (TPSA) is 59.4 Å². The fourth-order valence-electron chi connectivity index (χ4n) is 0.536. The summed E-state index contributed by atoms with van der Waals surface area (Å²) in [6.45, 7) is 4.33. The molecule has 0 aliphatic carbocycles. The predicted octanol–water partition coefficient (Wildman–Crippen LogP) is 1.24. The molecule has 0 radical (unpaired) electrons. The van der Waals surface area contributed by atoms with Gasteiger partial charge in [-0.05, 0) is 13.8 Å². The first-order valence-electron chi connectivity index (χ1n) is 3.52. The number of hydrogen-bond donors (Lipinski definition) is 1. The molecule has 0 spiro atoms. The van der Waals surface area contributed by atoms with Crippen LogP contribution >= 0.6 is 11.5 Å². The van der Waals surface area contributed by atoms with Gasteiger partial charge in [-0.3, -0.25) is 0 Å². The van der Waals surface area contributed by atoms with E-state index in [0.29, 0.717) is 11.7 Å². The third-order valence-electron chi connectivity index (χ3n) is 0.982. The van der Waals surface area contributed by atoms with E-state index in [1.54, 1.807) is 0 Å². The van der Waals surface area contributed by atoms with Gasteiger partial charge in [0.2, 0.25) is 5.13 Å². The number of hydrogen-bond acceptors (Lipinski definition) is 6. The number of aromatic nitrogens is 2. The molecule has 0 aliphatic rings. The minimum atomic E-state index is 0.611. The summed E-state index contributed by atoms with van der Waals surface area (Å²) in [5.74, 6) is 0.745. The lowest BCUT2D eigenvalue weighted by Crippen LogP contribution is -1.91. The number of nitrogens with one attached hydrogen (secondary N) is 1. The van der Waals surface area contributed by atoms with E-state index in [-0.39, 0.29) is 0 Å². The smallest absolute Gasteiger partial charge is 0.223 e. The Morgan fingerprint density at radius 2 is 2.58 bits per heavy atom. The van der Waals surface area contributed by atoms with Crippen molar-refractivity contribution in [3.8, 4) is 0 Å². The molecule has 1 N–H and O–H groups in total. The third-order valence-corrected chi connectivity index (χ3v) is 1.69. The van der Waals surface area contributed by atoms with E-state index in [1.807, 2.05) is 13.8 Å².